The van der Waals surface area contributed by atoms with E-state index in [0.29, 0.717) is 36.0 Å². The lowest BCUT2D eigenvalue weighted by atomic mass is 10.2. The number of nitrogens with one attached hydrogen (secondary N) is 1. The van der Waals surface area contributed by atoms with Crippen LogP contribution in [0, 0.1) is 11.6 Å². The third kappa shape index (κ3) is 4.78. The lowest BCUT2D eigenvalue weighted by Gasteiger charge is -2.22. The quantitative estimate of drug-likeness (QED) is 0.600. The van der Waals surface area contributed by atoms with Gasteiger partial charge in [0, 0.05) is 12.6 Å². The molecule has 1 fully saturated rings. The van der Waals surface area contributed by atoms with Crippen LogP contribution in [0.15, 0.2) is 48.5 Å². The van der Waals surface area contributed by atoms with Crippen LogP contribution >= 0.6 is 11.3 Å². The Hall–Kier alpha value is -2.76. The SMILES string of the molecule is O=C(Nc1ccc(F)cc1F)c1nnc(C2CCCN2S(=O)(=O)Cc2ccccc2)s1. The molecule has 2 aromatic carbocycles. The summed E-state index contributed by atoms with van der Waals surface area (Å²) in [5.41, 5.74) is 0.503. The van der Waals surface area contributed by atoms with Crippen molar-refractivity contribution in [3.63, 3.8) is 0 Å². The Morgan fingerprint density at radius 2 is 1.94 bits per heavy atom. The highest BCUT2D eigenvalue weighted by Gasteiger charge is 2.37. The fourth-order valence-corrected chi connectivity index (χ4v) is 6.15. The van der Waals surface area contributed by atoms with E-state index in [4.69, 9.17) is 0 Å². The number of carbonyl (C=O) groups excluding carboxylic acids is 1. The van der Waals surface area contributed by atoms with E-state index in [2.05, 4.69) is 15.5 Å². The van der Waals surface area contributed by atoms with Crippen molar-refractivity contribution in [1.82, 2.24) is 14.5 Å². The Morgan fingerprint density at radius 1 is 1.16 bits per heavy atom. The minimum Gasteiger partial charge on any atom is -0.317 e. The Balaban J connectivity index is 1.50. The van der Waals surface area contributed by atoms with Crippen LogP contribution in [-0.2, 0) is 15.8 Å². The molecule has 31 heavy (non-hydrogen) atoms. The molecule has 1 aliphatic heterocycles. The predicted octanol–water partition coefficient (Wildman–Crippen LogP) is 3.74. The molecule has 7 nitrogen and oxygen atoms in total. The van der Waals surface area contributed by atoms with Crippen molar-refractivity contribution in [2.45, 2.75) is 24.6 Å². The maximum Gasteiger partial charge on any atom is 0.286 e. The van der Waals surface area contributed by atoms with Crippen molar-refractivity contribution in [2.24, 2.45) is 0 Å². The highest BCUT2D eigenvalue weighted by Crippen LogP contribution is 2.36. The van der Waals surface area contributed by atoms with Gasteiger partial charge in [0.15, 0.2) is 0 Å². The predicted molar refractivity (Wildman–Crippen MR) is 112 cm³/mol. The van der Waals surface area contributed by atoms with Crippen LogP contribution in [0.1, 0.15) is 39.3 Å². The first-order valence-electron chi connectivity index (χ1n) is 9.47. The summed E-state index contributed by atoms with van der Waals surface area (Å²) in [5, 5.41) is 10.6. The zero-order chi connectivity index (χ0) is 22.0. The molecular formula is C20H18F2N4O3S2. The van der Waals surface area contributed by atoms with Crippen molar-refractivity contribution >= 4 is 33.0 Å². The van der Waals surface area contributed by atoms with Crippen molar-refractivity contribution in [3.8, 4) is 0 Å². The number of halogens is 2. The summed E-state index contributed by atoms with van der Waals surface area (Å²) in [4.78, 5) is 12.4. The van der Waals surface area contributed by atoms with E-state index in [1.165, 1.54) is 4.31 Å². The number of benzene rings is 2. The number of carbonyl (C=O) groups is 1. The van der Waals surface area contributed by atoms with E-state index < -0.39 is 33.6 Å². The monoisotopic (exact) mass is 464 g/mol. The highest BCUT2D eigenvalue weighted by molar-refractivity contribution is 7.88. The molecular weight excluding hydrogens is 446 g/mol. The summed E-state index contributed by atoms with van der Waals surface area (Å²) in [6.45, 7) is 0.363. The molecule has 0 saturated carbocycles. The molecule has 0 bridgehead atoms. The molecule has 1 atom stereocenters. The molecule has 1 aliphatic rings. The van der Waals surface area contributed by atoms with Crippen LogP contribution in [0.3, 0.4) is 0 Å². The third-order valence-electron chi connectivity index (χ3n) is 4.85. The Bertz CT molecular complexity index is 1200. The molecule has 11 heteroatoms. The van der Waals surface area contributed by atoms with Crippen LogP contribution in [0.2, 0.25) is 0 Å². The summed E-state index contributed by atoms with van der Waals surface area (Å²) >= 11 is 0.956. The van der Waals surface area contributed by atoms with Gasteiger partial charge < -0.3 is 5.32 Å². The fourth-order valence-electron chi connectivity index (χ4n) is 3.42. The van der Waals surface area contributed by atoms with Crippen molar-refractivity contribution in [2.75, 3.05) is 11.9 Å². The largest absolute Gasteiger partial charge is 0.317 e. The van der Waals surface area contributed by atoms with E-state index in [9.17, 15) is 22.0 Å². The van der Waals surface area contributed by atoms with Crippen molar-refractivity contribution in [1.29, 1.82) is 0 Å². The molecule has 3 aromatic rings. The maximum absolute atomic E-state index is 13.8. The highest BCUT2D eigenvalue weighted by atomic mass is 32.2. The fraction of sp³-hybridized carbons (Fsp3) is 0.250. The van der Waals surface area contributed by atoms with Gasteiger partial charge in [-0.05, 0) is 30.5 Å². The Morgan fingerprint density at radius 3 is 2.68 bits per heavy atom. The average Bonchev–Trinajstić information content (AvgIpc) is 3.40. The first-order valence-corrected chi connectivity index (χ1v) is 11.9. The average molecular weight is 465 g/mol. The molecule has 1 N–H and O–H groups in total. The molecule has 0 aliphatic carbocycles. The zero-order valence-electron chi connectivity index (χ0n) is 16.2. The molecule has 1 amide bonds. The number of hydrogen-bond donors (Lipinski definition) is 1. The van der Waals surface area contributed by atoms with Gasteiger partial charge in [0.2, 0.25) is 15.0 Å². The number of sulfonamides is 1. The van der Waals surface area contributed by atoms with Crippen molar-refractivity contribution < 1.29 is 22.0 Å². The smallest absolute Gasteiger partial charge is 0.286 e. The molecule has 1 saturated heterocycles. The molecule has 4 rings (SSSR count). The summed E-state index contributed by atoms with van der Waals surface area (Å²) in [5.74, 6) is -2.50. The van der Waals surface area contributed by atoms with Gasteiger partial charge >= 0.3 is 0 Å². The number of rotatable bonds is 6. The molecule has 2 heterocycles. The van der Waals surface area contributed by atoms with Gasteiger partial charge in [-0.25, -0.2) is 17.2 Å². The van der Waals surface area contributed by atoms with E-state index >= 15 is 0 Å². The zero-order valence-corrected chi connectivity index (χ0v) is 17.8. The lowest BCUT2D eigenvalue weighted by Crippen LogP contribution is -2.31. The number of hydrogen-bond acceptors (Lipinski definition) is 6. The number of nitrogens with zero attached hydrogens (tertiary/aromatic N) is 3. The van der Waals surface area contributed by atoms with Gasteiger partial charge in [0.25, 0.3) is 5.91 Å². The van der Waals surface area contributed by atoms with Gasteiger partial charge in [0.1, 0.15) is 16.6 Å². The summed E-state index contributed by atoms with van der Waals surface area (Å²) in [6.07, 6.45) is 1.23. The maximum atomic E-state index is 13.8. The first kappa shape index (κ1) is 21.5. The number of amides is 1. The van der Waals surface area contributed by atoms with Crippen LogP contribution in [-0.4, -0.2) is 35.4 Å². The second kappa shape index (κ2) is 8.77. The minimum atomic E-state index is -3.59. The van der Waals surface area contributed by atoms with Gasteiger partial charge in [-0.15, -0.1) is 10.2 Å². The first-order chi connectivity index (χ1) is 14.8. The number of aromatic nitrogens is 2. The second-order valence-electron chi connectivity index (χ2n) is 7.03. The van der Waals surface area contributed by atoms with Gasteiger partial charge in [-0.2, -0.15) is 4.31 Å². The molecule has 162 valence electrons. The van der Waals surface area contributed by atoms with E-state index in [-0.39, 0.29) is 16.4 Å². The van der Waals surface area contributed by atoms with Gasteiger partial charge in [0.05, 0.1) is 17.5 Å². The van der Waals surface area contributed by atoms with Crippen LogP contribution in [0.4, 0.5) is 14.5 Å². The van der Waals surface area contributed by atoms with Crippen LogP contribution < -0.4 is 5.32 Å². The summed E-state index contributed by atoms with van der Waals surface area (Å²) in [7, 11) is -3.59. The van der Waals surface area contributed by atoms with E-state index in [1.54, 1.807) is 24.3 Å². The standard InChI is InChI=1S/C20H18F2N4O3S2/c21-14-8-9-16(15(22)11-14)23-18(27)20-25-24-19(30-20)17-7-4-10-26(17)31(28,29)12-13-5-2-1-3-6-13/h1-3,5-6,8-9,11,17H,4,7,10,12H2,(H,23,27). The minimum absolute atomic E-state index is 0.0361. The van der Waals surface area contributed by atoms with Gasteiger partial charge in [-0.1, -0.05) is 41.7 Å². The normalized spacial score (nSPS) is 17.0. The molecule has 1 unspecified atom stereocenters. The second-order valence-corrected chi connectivity index (χ2v) is 9.96. The molecule has 0 radical (unpaired) electrons. The summed E-state index contributed by atoms with van der Waals surface area (Å²) < 4.78 is 54.1. The lowest BCUT2D eigenvalue weighted by molar-refractivity contribution is 0.102. The van der Waals surface area contributed by atoms with Crippen LogP contribution in [0.25, 0.3) is 0 Å². The summed E-state index contributed by atoms with van der Waals surface area (Å²) in [6, 6.07) is 11.2. The molecule has 0 spiro atoms. The topological polar surface area (TPSA) is 92.3 Å². The van der Waals surface area contributed by atoms with E-state index in [1.807, 2.05) is 6.07 Å². The van der Waals surface area contributed by atoms with Crippen molar-refractivity contribution in [3.05, 3.63) is 75.7 Å². The Kier molecular flexibility index (Phi) is 6.08. The number of anilines is 1. The molecule has 1 aromatic heterocycles. The Labute approximate surface area is 181 Å². The van der Waals surface area contributed by atoms with E-state index in [0.717, 1.165) is 23.5 Å². The third-order valence-corrected chi connectivity index (χ3v) is 7.73. The van der Waals surface area contributed by atoms with Gasteiger partial charge in [-0.3, -0.25) is 4.79 Å². The van der Waals surface area contributed by atoms with Crippen LogP contribution in [0.5, 0.6) is 0 Å².